The van der Waals surface area contributed by atoms with Crippen molar-refractivity contribution in [3.05, 3.63) is 58.6 Å². The molecule has 2 aromatic rings. The molecule has 2 rings (SSSR count). The Morgan fingerprint density at radius 3 is 2.54 bits per heavy atom. The van der Waals surface area contributed by atoms with Crippen molar-refractivity contribution in [2.45, 2.75) is 26.8 Å². The number of aryl methyl sites for hydroxylation is 1. The molecule has 0 aliphatic carbocycles. The number of halogens is 1. The minimum absolute atomic E-state index is 0.0615. The van der Waals surface area contributed by atoms with Crippen LogP contribution in [0.1, 0.15) is 24.5 Å². The number of benzene rings is 2. The van der Waals surface area contributed by atoms with E-state index in [1.54, 1.807) is 23.1 Å². The van der Waals surface area contributed by atoms with E-state index in [9.17, 15) is 9.59 Å². The molecule has 0 aliphatic heterocycles. The summed E-state index contributed by atoms with van der Waals surface area (Å²) in [5.74, 6) is 0.307. The number of nitrogens with one attached hydrogen (secondary N) is 1. The first kappa shape index (κ1) is 19.8. The van der Waals surface area contributed by atoms with Gasteiger partial charge in [0.25, 0.3) is 0 Å². The lowest BCUT2D eigenvalue weighted by molar-refractivity contribution is -0.129. The molecule has 5 nitrogen and oxygen atoms in total. The summed E-state index contributed by atoms with van der Waals surface area (Å²) in [5.41, 5.74) is 2.79. The number of hydrogen-bond acceptors (Lipinski definition) is 3. The smallest absolute Gasteiger partial charge is 0.226 e. The third kappa shape index (κ3) is 5.49. The number of carbonyl (C=O) groups is 2. The number of carbonyl (C=O) groups excluding carboxylic acids is 2. The molecule has 2 amide bonds. The van der Waals surface area contributed by atoms with Gasteiger partial charge >= 0.3 is 0 Å². The molecule has 0 bridgehead atoms. The number of rotatable bonds is 7. The van der Waals surface area contributed by atoms with Gasteiger partial charge in [-0.2, -0.15) is 0 Å². The van der Waals surface area contributed by atoms with E-state index in [1.165, 1.54) is 14.0 Å². The lowest BCUT2D eigenvalue weighted by atomic mass is 10.1. The summed E-state index contributed by atoms with van der Waals surface area (Å²) in [6.45, 7) is 4.36. The molecule has 0 aliphatic rings. The molecule has 6 heteroatoms. The van der Waals surface area contributed by atoms with Crippen molar-refractivity contribution in [3.8, 4) is 5.75 Å². The van der Waals surface area contributed by atoms with Crippen LogP contribution in [-0.2, 0) is 16.1 Å². The third-order valence-corrected chi connectivity index (χ3v) is 4.41. The highest BCUT2D eigenvalue weighted by Crippen LogP contribution is 2.27. The van der Waals surface area contributed by atoms with Gasteiger partial charge in [0.15, 0.2) is 0 Å². The molecule has 26 heavy (non-hydrogen) atoms. The van der Waals surface area contributed by atoms with Crippen LogP contribution in [0.2, 0.25) is 5.02 Å². The fourth-order valence-corrected chi connectivity index (χ4v) is 2.80. The summed E-state index contributed by atoms with van der Waals surface area (Å²) in [5, 5.41) is 3.21. The van der Waals surface area contributed by atoms with Crippen LogP contribution in [0, 0.1) is 6.92 Å². The molecule has 0 saturated carbocycles. The quantitative estimate of drug-likeness (QED) is 0.795. The second-order valence-corrected chi connectivity index (χ2v) is 6.42. The molecule has 138 valence electrons. The van der Waals surface area contributed by atoms with Crippen LogP contribution >= 0.6 is 11.6 Å². The Hall–Kier alpha value is -2.53. The second kappa shape index (κ2) is 9.25. The molecular formula is C20H23ClN2O3. The summed E-state index contributed by atoms with van der Waals surface area (Å²) in [6.07, 6.45) is 0.203. The zero-order valence-corrected chi connectivity index (χ0v) is 16.0. The standard InChI is InChI=1S/C20H23ClN2O3/c1-14-6-4-5-7-16(14)13-23(15(2)24)11-10-20(25)22-17-8-9-19(26-3)18(21)12-17/h4-9,12H,10-11,13H2,1-3H3,(H,22,25). The van der Waals surface area contributed by atoms with Crippen LogP contribution in [0.4, 0.5) is 5.69 Å². The molecule has 1 N–H and O–H groups in total. The highest BCUT2D eigenvalue weighted by atomic mass is 35.5. The summed E-state index contributed by atoms with van der Waals surface area (Å²) in [6, 6.07) is 13.0. The molecule has 0 unspecified atom stereocenters. The van der Waals surface area contributed by atoms with Crippen LogP contribution in [0.25, 0.3) is 0 Å². The van der Waals surface area contributed by atoms with E-state index in [4.69, 9.17) is 16.3 Å². The van der Waals surface area contributed by atoms with Crippen molar-refractivity contribution < 1.29 is 14.3 Å². The first-order valence-electron chi connectivity index (χ1n) is 8.34. The maximum absolute atomic E-state index is 12.2. The van der Waals surface area contributed by atoms with Gasteiger partial charge in [-0.15, -0.1) is 0 Å². The zero-order valence-electron chi connectivity index (χ0n) is 15.2. The average molecular weight is 375 g/mol. The van der Waals surface area contributed by atoms with Crippen molar-refractivity contribution in [2.75, 3.05) is 19.0 Å². The van der Waals surface area contributed by atoms with Crippen molar-refractivity contribution in [1.82, 2.24) is 4.90 Å². The van der Waals surface area contributed by atoms with Crippen molar-refractivity contribution in [2.24, 2.45) is 0 Å². The lowest BCUT2D eigenvalue weighted by Crippen LogP contribution is -2.31. The molecule has 0 radical (unpaired) electrons. The van der Waals surface area contributed by atoms with Gasteiger partial charge in [0.05, 0.1) is 12.1 Å². The van der Waals surface area contributed by atoms with E-state index in [0.29, 0.717) is 29.5 Å². The summed E-state index contributed by atoms with van der Waals surface area (Å²) >= 11 is 6.06. The van der Waals surface area contributed by atoms with Gasteiger partial charge in [-0.1, -0.05) is 35.9 Å². The molecule has 0 aromatic heterocycles. The van der Waals surface area contributed by atoms with Crippen LogP contribution in [0.15, 0.2) is 42.5 Å². The van der Waals surface area contributed by atoms with Gasteiger partial charge in [0, 0.05) is 32.1 Å². The normalized spacial score (nSPS) is 10.3. The van der Waals surface area contributed by atoms with Crippen LogP contribution < -0.4 is 10.1 Å². The van der Waals surface area contributed by atoms with E-state index in [2.05, 4.69) is 5.32 Å². The summed E-state index contributed by atoms with van der Waals surface area (Å²) < 4.78 is 5.09. The van der Waals surface area contributed by atoms with Crippen LogP contribution in [-0.4, -0.2) is 30.4 Å². The van der Waals surface area contributed by atoms with Gasteiger partial charge in [0.1, 0.15) is 5.75 Å². The molecule has 0 heterocycles. The van der Waals surface area contributed by atoms with Crippen molar-refractivity contribution in [1.29, 1.82) is 0 Å². The van der Waals surface area contributed by atoms with E-state index < -0.39 is 0 Å². The van der Waals surface area contributed by atoms with Gasteiger partial charge in [-0.25, -0.2) is 0 Å². The van der Waals surface area contributed by atoms with Gasteiger partial charge in [-0.05, 0) is 36.2 Å². The Balaban J connectivity index is 1.94. The SMILES string of the molecule is COc1ccc(NC(=O)CCN(Cc2ccccc2C)C(C)=O)cc1Cl. The summed E-state index contributed by atoms with van der Waals surface area (Å²) in [7, 11) is 1.53. The van der Waals surface area contributed by atoms with E-state index >= 15 is 0 Å². The van der Waals surface area contributed by atoms with E-state index in [0.717, 1.165) is 11.1 Å². The second-order valence-electron chi connectivity index (χ2n) is 6.01. The highest BCUT2D eigenvalue weighted by Gasteiger charge is 2.13. The fraction of sp³-hybridized carbons (Fsp3) is 0.300. The lowest BCUT2D eigenvalue weighted by Gasteiger charge is -2.22. The first-order chi connectivity index (χ1) is 12.4. The fourth-order valence-electron chi connectivity index (χ4n) is 2.55. The zero-order chi connectivity index (χ0) is 19.1. The topological polar surface area (TPSA) is 58.6 Å². The molecule has 0 fully saturated rings. The molecule has 0 spiro atoms. The van der Waals surface area contributed by atoms with Gasteiger partial charge in [0.2, 0.25) is 11.8 Å². The van der Waals surface area contributed by atoms with Crippen LogP contribution in [0.5, 0.6) is 5.75 Å². The Kier molecular flexibility index (Phi) is 7.04. The number of nitrogens with zero attached hydrogens (tertiary/aromatic N) is 1. The molecule has 0 saturated heterocycles. The number of amides is 2. The third-order valence-electron chi connectivity index (χ3n) is 4.11. The van der Waals surface area contributed by atoms with Crippen molar-refractivity contribution >= 4 is 29.1 Å². The predicted octanol–water partition coefficient (Wildman–Crippen LogP) is 4.03. The maximum atomic E-state index is 12.2. The predicted molar refractivity (Wildman–Crippen MR) is 104 cm³/mol. The largest absolute Gasteiger partial charge is 0.495 e. The van der Waals surface area contributed by atoms with Gasteiger partial charge < -0.3 is 15.0 Å². The number of ether oxygens (including phenoxy) is 1. The molecular weight excluding hydrogens is 352 g/mol. The Morgan fingerprint density at radius 2 is 1.92 bits per heavy atom. The Morgan fingerprint density at radius 1 is 1.19 bits per heavy atom. The minimum atomic E-state index is -0.178. The first-order valence-corrected chi connectivity index (χ1v) is 8.72. The Bertz CT molecular complexity index is 792. The van der Waals surface area contributed by atoms with E-state index in [-0.39, 0.29) is 18.2 Å². The molecule has 0 atom stereocenters. The number of anilines is 1. The Labute approximate surface area is 158 Å². The average Bonchev–Trinajstić information content (AvgIpc) is 2.60. The van der Waals surface area contributed by atoms with E-state index in [1.807, 2.05) is 31.2 Å². The number of methoxy groups -OCH3 is 1. The monoisotopic (exact) mass is 374 g/mol. The highest BCUT2D eigenvalue weighted by molar-refractivity contribution is 6.32. The number of hydrogen-bond donors (Lipinski definition) is 1. The van der Waals surface area contributed by atoms with Gasteiger partial charge in [-0.3, -0.25) is 9.59 Å². The van der Waals surface area contributed by atoms with Crippen LogP contribution in [0.3, 0.4) is 0 Å². The summed E-state index contributed by atoms with van der Waals surface area (Å²) in [4.78, 5) is 25.8. The van der Waals surface area contributed by atoms with Crippen molar-refractivity contribution in [3.63, 3.8) is 0 Å². The minimum Gasteiger partial charge on any atom is -0.495 e. The maximum Gasteiger partial charge on any atom is 0.226 e. The molecule has 2 aromatic carbocycles.